The molecule has 1 N–H and O–H groups in total. The van der Waals surface area contributed by atoms with Gasteiger partial charge in [0, 0.05) is 16.5 Å². The summed E-state index contributed by atoms with van der Waals surface area (Å²) in [4.78, 5) is 0. The van der Waals surface area contributed by atoms with Gasteiger partial charge < -0.3 is 4.52 Å². The molecule has 0 amide bonds. The number of nitrogens with one attached hydrogen (secondary N) is 1. The number of benzene rings is 1. The molecular formula is C14H19ClNO2PS2. The molecule has 7 heteroatoms. The lowest BCUT2D eigenvalue weighted by atomic mass is 10.2. The van der Waals surface area contributed by atoms with E-state index < -0.39 is 6.72 Å². The first-order valence-electron chi connectivity index (χ1n) is 6.78. The van der Waals surface area contributed by atoms with E-state index in [9.17, 15) is 4.57 Å². The van der Waals surface area contributed by atoms with E-state index in [4.69, 9.17) is 16.1 Å². The van der Waals surface area contributed by atoms with Crippen molar-refractivity contribution < 1.29 is 9.09 Å². The Morgan fingerprint density at radius 2 is 2.14 bits per heavy atom. The van der Waals surface area contributed by atoms with Crippen LogP contribution in [0.5, 0.6) is 0 Å². The first kappa shape index (κ1) is 17.3. The molecule has 1 aromatic heterocycles. The van der Waals surface area contributed by atoms with Crippen LogP contribution in [0.15, 0.2) is 24.3 Å². The molecule has 0 aliphatic rings. The van der Waals surface area contributed by atoms with Crippen molar-refractivity contribution >= 4 is 51.1 Å². The van der Waals surface area contributed by atoms with Crippen LogP contribution in [0.3, 0.4) is 0 Å². The minimum atomic E-state index is -2.90. The van der Waals surface area contributed by atoms with Gasteiger partial charge in [-0.1, -0.05) is 29.8 Å². The molecule has 2 aromatic rings. The third kappa shape index (κ3) is 4.47. The summed E-state index contributed by atoms with van der Waals surface area (Å²) in [5.41, 5.74) is 1.03. The number of fused-ring (bicyclic) bond motifs is 1. The largest absolute Gasteiger partial charge is 0.327 e. The Morgan fingerprint density at radius 3 is 2.81 bits per heavy atom. The van der Waals surface area contributed by atoms with Crippen molar-refractivity contribution in [2.75, 3.05) is 6.61 Å². The van der Waals surface area contributed by atoms with Crippen LogP contribution in [-0.2, 0) is 14.8 Å². The Labute approximate surface area is 138 Å². The highest BCUT2D eigenvalue weighted by Gasteiger charge is 2.25. The van der Waals surface area contributed by atoms with Gasteiger partial charge in [-0.15, -0.1) is 11.3 Å². The fraction of sp³-hybridized carbons (Fsp3) is 0.429. The molecule has 2 rings (SSSR count). The van der Waals surface area contributed by atoms with Crippen LogP contribution in [0.1, 0.15) is 26.3 Å². The quantitative estimate of drug-likeness (QED) is 0.618. The fourth-order valence-electron chi connectivity index (χ4n) is 1.95. The smallest absolute Gasteiger partial charge is 0.310 e. The van der Waals surface area contributed by atoms with Gasteiger partial charge in [0.15, 0.2) is 0 Å². The molecule has 3 nitrogen and oxygen atoms in total. The summed E-state index contributed by atoms with van der Waals surface area (Å²) in [6, 6.07) is 8.19. The van der Waals surface area contributed by atoms with E-state index in [0.717, 1.165) is 20.0 Å². The van der Waals surface area contributed by atoms with Crippen molar-refractivity contribution in [1.82, 2.24) is 5.09 Å². The molecule has 0 radical (unpaired) electrons. The van der Waals surface area contributed by atoms with Crippen molar-refractivity contribution in [1.29, 1.82) is 0 Å². The van der Waals surface area contributed by atoms with E-state index in [1.807, 2.05) is 32.9 Å². The van der Waals surface area contributed by atoms with Gasteiger partial charge in [-0.2, -0.15) is 0 Å². The van der Waals surface area contributed by atoms with Crippen molar-refractivity contribution in [3.63, 3.8) is 0 Å². The molecular weight excluding hydrogens is 345 g/mol. The molecule has 0 unspecified atom stereocenters. The average molecular weight is 364 g/mol. The zero-order valence-electron chi connectivity index (χ0n) is 12.3. The van der Waals surface area contributed by atoms with Crippen LogP contribution in [0.25, 0.3) is 10.1 Å². The topological polar surface area (TPSA) is 38.3 Å². The summed E-state index contributed by atoms with van der Waals surface area (Å²) in [6.45, 7) is 3.28. The Morgan fingerprint density at radius 1 is 1.43 bits per heavy atom. The molecule has 1 heterocycles. The maximum Gasteiger partial charge on any atom is 0.327 e. The van der Waals surface area contributed by atoms with E-state index in [2.05, 4.69) is 17.2 Å². The Kier molecular flexibility index (Phi) is 6.18. The van der Waals surface area contributed by atoms with Crippen molar-refractivity contribution in [3.05, 3.63) is 34.2 Å². The lowest BCUT2D eigenvalue weighted by Gasteiger charge is -2.20. The summed E-state index contributed by atoms with van der Waals surface area (Å²) in [5, 5.41) is 4.18. The molecule has 1 aromatic carbocycles. The van der Waals surface area contributed by atoms with Gasteiger partial charge in [-0.3, -0.25) is 4.57 Å². The fourth-order valence-corrected chi connectivity index (χ4v) is 7.57. The molecule has 0 fully saturated rings. The first-order chi connectivity index (χ1) is 9.95. The normalized spacial score (nSPS) is 14.7. The predicted octanol–water partition coefficient (Wildman–Crippen LogP) is 5.93. The molecule has 21 heavy (non-hydrogen) atoms. The summed E-state index contributed by atoms with van der Waals surface area (Å²) in [5.74, 6) is 0.569. The zero-order valence-corrected chi connectivity index (χ0v) is 15.5. The third-order valence-electron chi connectivity index (χ3n) is 2.74. The summed E-state index contributed by atoms with van der Waals surface area (Å²) in [6.07, 6.45) is 0. The van der Waals surface area contributed by atoms with Gasteiger partial charge in [0.2, 0.25) is 0 Å². The summed E-state index contributed by atoms with van der Waals surface area (Å²) >= 11 is 9.20. The highest BCUT2D eigenvalue weighted by atomic mass is 35.5. The Balaban J connectivity index is 2.19. The molecule has 0 aliphatic heterocycles. The maximum atomic E-state index is 12.8. The van der Waals surface area contributed by atoms with Gasteiger partial charge in [-0.25, -0.2) is 5.09 Å². The second-order valence-corrected chi connectivity index (χ2v) is 10.8. The maximum absolute atomic E-state index is 12.8. The summed E-state index contributed by atoms with van der Waals surface area (Å²) < 4.78 is 20.1. The number of thiophene rings is 1. The molecule has 0 bridgehead atoms. The summed E-state index contributed by atoms with van der Waals surface area (Å²) in [7, 11) is 0. The molecule has 1 atom stereocenters. The average Bonchev–Trinajstić information content (AvgIpc) is 2.71. The van der Waals surface area contributed by atoms with E-state index in [0.29, 0.717) is 12.4 Å². The van der Waals surface area contributed by atoms with E-state index in [1.165, 1.54) is 11.4 Å². The molecule has 0 spiro atoms. The third-order valence-corrected chi connectivity index (χ3v) is 8.43. The molecule has 0 saturated carbocycles. The number of halogens is 1. The van der Waals surface area contributed by atoms with E-state index >= 15 is 0 Å². The predicted molar refractivity (Wildman–Crippen MR) is 95.6 cm³/mol. The number of hydrogen-bond acceptors (Lipinski definition) is 4. The van der Waals surface area contributed by atoms with Gasteiger partial charge in [0.1, 0.15) is 0 Å². The monoisotopic (exact) mass is 363 g/mol. The second kappa shape index (κ2) is 7.49. The number of hydrogen-bond donors (Lipinski definition) is 1. The SMILES string of the molecule is CCO[P@](=O)(NC(C)C)SCc1c(Cl)sc2ccccc12. The Bertz CT molecular complexity index is 659. The van der Waals surface area contributed by atoms with Crippen LogP contribution in [0.4, 0.5) is 0 Å². The van der Waals surface area contributed by atoms with Gasteiger partial charge in [-0.05, 0) is 49.2 Å². The molecule has 0 saturated heterocycles. The first-order valence-corrected chi connectivity index (χ1v) is 11.2. The van der Waals surface area contributed by atoms with Crippen LogP contribution in [-0.4, -0.2) is 12.6 Å². The lowest BCUT2D eigenvalue weighted by molar-refractivity contribution is 0.335. The van der Waals surface area contributed by atoms with Crippen LogP contribution >= 0.6 is 41.0 Å². The second-order valence-electron chi connectivity index (χ2n) is 4.82. The Hall–Kier alpha value is -0.0300. The molecule has 0 aliphatic carbocycles. The van der Waals surface area contributed by atoms with E-state index in [-0.39, 0.29) is 6.04 Å². The van der Waals surface area contributed by atoms with Gasteiger partial charge in [0.05, 0.1) is 10.9 Å². The zero-order chi connectivity index (χ0) is 15.5. The van der Waals surface area contributed by atoms with Crippen LogP contribution < -0.4 is 5.09 Å². The lowest BCUT2D eigenvalue weighted by Crippen LogP contribution is -2.19. The van der Waals surface area contributed by atoms with Crippen molar-refractivity contribution in [2.24, 2.45) is 0 Å². The number of rotatable bonds is 7. The van der Waals surface area contributed by atoms with E-state index in [1.54, 1.807) is 11.3 Å². The van der Waals surface area contributed by atoms with Gasteiger partial charge in [0.25, 0.3) is 0 Å². The van der Waals surface area contributed by atoms with Crippen LogP contribution in [0, 0.1) is 0 Å². The minimum absolute atomic E-state index is 0.101. The highest BCUT2D eigenvalue weighted by molar-refractivity contribution is 8.55. The van der Waals surface area contributed by atoms with Crippen molar-refractivity contribution in [3.8, 4) is 0 Å². The minimum Gasteiger partial charge on any atom is -0.310 e. The molecule has 116 valence electrons. The highest BCUT2D eigenvalue weighted by Crippen LogP contribution is 2.58. The van der Waals surface area contributed by atoms with Crippen molar-refractivity contribution in [2.45, 2.75) is 32.6 Å². The van der Waals surface area contributed by atoms with Gasteiger partial charge >= 0.3 is 6.72 Å². The van der Waals surface area contributed by atoms with Crippen LogP contribution in [0.2, 0.25) is 4.34 Å². The standard InChI is InChI=1S/C14H19ClNO2PS2/c1-4-18-19(17,16-10(2)3)20-9-12-11-7-5-6-8-13(11)21-14(12)15/h5-8,10H,4,9H2,1-3H3,(H,16,17)/t19-/m1/s1.